The number of amides is 11. The molecule has 13 atom stereocenters. The van der Waals surface area contributed by atoms with Gasteiger partial charge in [-0.05, 0) is 126 Å². The van der Waals surface area contributed by atoms with Gasteiger partial charge in [0.05, 0.1) is 12.3 Å². The highest BCUT2D eigenvalue weighted by Crippen LogP contribution is 2.26. The minimum atomic E-state index is -1.69. The fraction of sp³-hybridized carbons (Fsp3) is 0.761. The van der Waals surface area contributed by atoms with E-state index in [1.807, 2.05) is 55.4 Å². The lowest BCUT2D eigenvalue weighted by Crippen LogP contribution is -2.64. The molecule has 1 saturated heterocycles. The minimum absolute atomic E-state index is 0.0200. The fourth-order valence-corrected chi connectivity index (χ4v) is 11.7. The van der Waals surface area contributed by atoms with Gasteiger partial charge in [-0.25, -0.2) is 4.39 Å². The van der Waals surface area contributed by atoms with Gasteiger partial charge in [0.2, 0.25) is 65.0 Å². The Balaban J connectivity index is 3.01. The molecule has 522 valence electrons. The highest BCUT2D eigenvalue weighted by Gasteiger charge is 2.46. The molecule has 0 spiro atoms. The number of aromatic nitrogens is 1. The number of pyridine rings is 1. The van der Waals surface area contributed by atoms with Gasteiger partial charge < -0.3 is 60.7 Å². The van der Waals surface area contributed by atoms with Gasteiger partial charge in [0.15, 0.2) is 0 Å². The van der Waals surface area contributed by atoms with Gasteiger partial charge >= 0.3 is 0 Å². The highest BCUT2D eigenvalue weighted by atomic mass is 19.1. The third-order valence-corrected chi connectivity index (χ3v) is 17.7. The van der Waals surface area contributed by atoms with Gasteiger partial charge in [0.25, 0.3) is 0 Å². The average molecular weight is 1300 g/mol. The first-order chi connectivity index (χ1) is 42.5. The van der Waals surface area contributed by atoms with Crippen LogP contribution in [0.25, 0.3) is 0 Å². The Morgan fingerprint density at radius 2 is 0.902 bits per heavy atom. The number of carbonyl (C=O) groups excluding carboxylic acids is 11. The maximum atomic E-state index is 15.4. The van der Waals surface area contributed by atoms with Gasteiger partial charge in [0, 0.05) is 55.0 Å². The molecule has 0 bridgehead atoms. The molecular weight excluding hydrogens is 1180 g/mol. The second-order valence-electron chi connectivity index (χ2n) is 28.0. The molecule has 0 unspecified atom stereocenters. The van der Waals surface area contributed by atoms with Crippen LogP contribution in [0.15, 0.2) is 18.3 Å². The molecule has 0 aliphatic carbocycles. The van der Waals surface area contributed by atoms with Crippen LogP contribution in [0.2, 0.25) is 0 Å². The van der Waals surface area contributed by atoms with Crippen LogP contribution >= 0.6 is 0 Å². The zero-order valence-electron chi connectivity index (χ0n) is 59.8. The Bertz CT molecular complexity index is 2680. The van der Waals surface area contributed by atoms with Crippen molar-refractivity contribution in [2.75, 3.05) is 49.3 Å². The molecule has 1 aliphatic heterocycles. The molecule has 1 aromatic rings. The number of carbonyl (C=O) groups is 11. The molecule has 1 aromatic heterocycles. The zero-order chi connectivity index (χ0) is 70.8. The second kappa shape index (κ2) is 36.6. The predicted molar refractivity (Wildman–Crippen MR) is 351 cm³/mol. The molecule has 1 aliphatic rings. The lowest BCUT2D eigenvalue weighted by molar-refractivity contribution is -0.157. The van der Waals surface area contributed by atoms with E-state index in [0.717, 1.165) is 16.0 Å². The van der Waals surface area contributed by atoms with E-state index in [-0.39, 0.29) is 55.8 Å². The van der Waals surface area contributed by atoms with E-state index in [1.54, 1.807) is 47.6 Å². The number of nitrogens with one attached hydrogen (secondary N) is 4. The predicted octanol–water partition coefficient (Wildman–Crippen LogP) is 4.25. The number of hydrogen-bond acceptors (Lipinski definition) is 13. The van der Waals surface area contributed by atoms with Crippen molar-refractivity contribution >= 4 is 65.0 Å². The van der Waals surface area contributed by atoms with Crippen molar-refractivity contribution in [1.29, 1.82) is 0 Å². The summed E-state index contributed by atoms with van der Waals surface area (Å²) < 4.78 is 13.7. The summed E-state index contributed by atoms with van der Waals surface area (Å²) in [5, 5.41) is 23.4. The molecule has 25 heteroatoms. The number of hydrogen-bond donors (Lipinski definition) is 5. The maximum absolute atomic E-state index is 15.4. The molecular formula is C67H115FN12O12. The summed E-state index contributed by atoms with van der Waals surface area (Å²) in [7, 11) is 9.86. The Kier molecular flexibility index (Phi) is 32.3. The third kappa shape index (κ3) is 22.2. The van der Waals surface area contributed by atoms with Crippen LogP contribution in [-0.4, -0.2) is 231 Å². The molecule has 24 nitrogen and oxygen atoms in total. The van der Waals surface area contributed by atoms with Gasteiger partial charge in [0.1, 0.15) is 72.3 Å². The molecule has 0 saturated carbocycles. The smallest absolute Gasteiger partial charge is 0.246 e. The SMILES string of the molecule is CC[C@H]1NC(=O)[C@@H]([C@H](O)[C@H](C)CCCc2ccc(F)cn2)N(C)C(=O)[C@@H](C(C)C)N(C)C(=O)[C@@H](CC(C)C)N(C)C(=O)[C@@H](CC(C)C)N(C)C(=O)[C@H](C)NC(=O)[C@@H](C)NC(=O)[C@@H](CC(C)C)N(C)C(=O)[C@@H](C(C)C)NC(=O)[C@H](CC(C)C)N(C)C(=O)[C@@H](C)N(C)C1=O. The first-order valence-electron chi connectivity index (χ1n) is 32.9. The molecule has 92 heavy (non-hydrogen) atoms. The second-order valence-corrected chi connectivity index (χ2v) is 28.0. The summed E-state index contributed by atoms with van der Waals surface area (Å²) in [6.07, 6.45) is 1.15. The normalized spacial score (nSPS) is 26.5. The summed E-state index contributed by atoms with van der Waals surface area (Å²) >= 11 is 0. The van der Waals surface area contributed by atoms with Crippen LogP contribution in [-0.2, 0) is 59.2 Å². The van der Waals surface area contributed by atoms with Crippen LogP contribution in [0.5, 0.6) is 0 Å². The molecule has 2 heterocycles. The summed E-state index contributed by atoms with van der Waals surface area (Å²) in [5.74, 6) is -10.7. The molecule has 11 amide bonds. The average Bonchev–Trinajstić information content (AvgIpc) is 0.821. The van der Waals surface area contributed by atoms with Crippen molar-refractivity contribution in [1.82, 2.24) is 60.6 Å². The van der Waals surface area contributed by atoms with Crippen molar-refractivity contribution < 1.29 is 62.2 Å². The minimum Gasteiger partial charge on any atom is -0.390 e. The van der Waals surface area contributed by atoms with Crippen molar-refractivity contribution in [3.63, 3.8) is 0 Å². The summed E-state index contributed by atoms with van der Waals surface area (Å²) in [5.41, 5.74) is 0.593. The van der Waals surface area contributed by atoms with Crippen molar-refractivity contribution in [2.45, 2.75) is 242 Å². The van der Waals surface area contributed by atoms with E-state index in [4.69, 9.17) is 0 Å². The quantitative estimate of drug-likeness (QED) is 0.146. The van der Waals surface area contributed by atoms with E-state index in [2.05, 4.69) is 26.3 Å². The van der Waals surface area contributed by atoms with Crippen molar-refractivity contribution in [3.05, 3.63) is 29.8 Å². The zero-order valence-corrected chi connectivity index (χ0v) is 59.8. The Hall–Kier alpha value is -6.79. The number of aliphatic hydroxyl groups is 1. The van der Waals surface area contributed by atoms with Gasteiger partial charge in [-0.15, -0.1) is 0 Å². The number of halogens is 1. The monoisotopic (exact) mass is 1300 g/mol. The summed E-state index contributed by atoms with van der Waals surface area (Å²) in [6.45, 7) is 29.4. The first-order valence-corrected chi connectivity index (χ1v) is 32.9. The summed E-state index contributed by atoms with van der Waals surface area (Å²) in [4.78, 5) is 175. The van der Waals surface area contributed by atoms with E-state index in [9.17, 15) is 43.1 Å². The first kappa shape index (κ1) is 81.3. The van der Waals surface area contributed by atoms with E-state index in [0.29, 0.717) is 25.0 Å². The highest BCUT2D eigenvalue weighted by molar-refractivity contribution is 6.00. The topological polar surface area (TPSA) is 292 Å². The standard InChI is InChI=1S/C67H115FN12O12/c1-25-48-63(88)74(18)45(17)62(87)75(19)50(32-37(4)5)59(84)73-53(40(10)11)66(91)76(20)49(31-36(2)3)58(83)70-43(15)57(82)71-44(16)61(86)77(21)51(33-38(6)7)64(89)78(22)52(34-39(8)9)65(90)79(23)54(41(12)13)67(92)80(24)55(60(85)72-48)56(81)42(14)27-26-28-47-30-29-46(68)35-69-47/h29-30,35-45,48-56,81H,25-28,31-34H2,1-24H3,(H,70,83)(H,71,82)(H,72,85)(H,73,84)/t42-,43-,44+,45-,48-,49-,50+,51-,52-,53-,54-,55-,56-/m1/s1. The van der Waals surface area contributed by atoms with E-state index >= 15 is 19.2 Å². The number of aryl methyl sites for hydroxylation is 1. The number of likely N-dealkylation sites (N-methyl/N-ethyl adjacent to an activating group) is 7. The van der Waals surface area contributed by atoms with Gasteiger partial charge in [-0.2, -0.15) is 0 Å². The van der Waals surface area contributed by atoms with E-state index < -0.39 is 161 Å². The van der Waals surface area contributed by atoms with Crippen LogP contribution in [0.3, 0.4) is 0 Å². The van der Waals surface area contributed by atoms with Gasteiger partial charge in [-0.1, -0.05) is 96.9 Å². The number of aliphatic hydroxyl groups excluding tert-OH is 1. The van der Waals surface area contributed by atoms with Crippen molar-refractivity contribution in [2.24, 2.45) is 41.4 Å². The Morgan fingerprint density at radius 3 is 1.36 bits per heavy atom. The van der Waals surface area contributed by atoms with Crippen LogP contribution < -0.4 is 21.3 Å². The lowest BCUT2D eigenvalue weighted by atomic mass is 9.90. The third-order valence-electron chi connectivity index (χ3n) is 17.7. The number of rotatable bonds is 17. The van der Waals surface area contributed by atoms with Crippen molar-refractivity contribution in [3.8, 4) is 0 Å². The Morgan fingerprint density at radius 1 is 0.467 bits per heavy atom. The molecule has 1 fully saturated rings. The van der Waals surface area contributed by atoms with Crippen LogP contribution in [0, 0.1) is 47.2 Å². The molecule has 2 rings (SSSR count). The van der Waals surface area contributed by atoms with Gasteiger partial charge in [-0.3, -0.25) is 57.7 Å². The Labute approximate surface area is 548 Å². The molecule has 0 radical (unpaired) electrons. The van der Waals surface area contributed by atoms with Crippen LogP contribution in [0.4, 0.5) is 4.39 Å². The molecule has 5 N–H and O–H groups in total. The summed E-state index contributed by atoms with van der Waals surface area (Å²) in [6, 6.07) is -11.1. The number of nitrogens with zero attached hydrogens (tertiary/aromatic N) is 8. The molecule has 0 aromatic carbocycles. The fourth-order valence-electron chi connectivity index (χ4n) is 11.7. The maximum Gasteiger partial charge on any atom is 0.246 e. The largest absolute Gasteiger partial charge is 0.390 e. The van der Waals surface area contributed by atoms with Crippen LogP contribution in [0.1, 0.15) is 168 Å². The van der Waals surface area contributed by atoms with E-state index in [1.165, 1.54) is 101 Å². The lowest BCUT2D eigenvalue weighted by Gasteiger charge is -2.41.